The van der Waals surface area contributed by atoms with Gasteiger partial charge in [-0.05, 0) is 62.3 Å². The molecular formula is C46H74N8O12. The van der Waals surface area contributed by atoms with Crippen molar-refractivity contribution in [2.24, 2.45) is 29.6 Å². The second-order valence-corrected chi connectivity index (χ2v) is 17.7. The van der Waals surface area contributed by atoms with Crippen LogP contribution in [0.4, 0.5) is 0 Å². The summed E-state index contributed by atoms with van der Waals surface area (Å²) in [6.07, 6.45) is 1.40. The number of carboxylic acid groups (broad SMARTS) is 1. The van der Waals surface area contributed by atoms with Gasteiger partial charge in [-0.2, -0.15) is 5.90 Å². The highest BCUT2D eigenvalue weighted by Crippen LogP contribution is 2.28. The van der Waals surface area contributed by atoms with E-state index in [1.165, 1.54) is 0 Å². The van der Waals surface area contributed by atoms with Crippen LogP contribution in [-0.2, 0) is 54.4 Å². The summed E-state index contributed by atoms with van der Waals surface area (Å²) in [7, 11) is 0. The molecule has 1 aromatic carbocycles. The van der Waals surface area contributed by atoms with Crippen molar-refractivity contribution in [2.75, 3.05) is 98.4 Å². The number of hydrogen-bond donors (Lipinski definition) is 5. The molecule has 4 rings (SSSR count). The Bertz CT molecular complexity index is 1720. The van der Waals surface area contributed by atoms with Crippen LogP contribution in [0, 0.1) is 23.7 Å². The van der Waals surface area contributed by atoms with E-state index in [0.29, 0.717) is 96.9 Å². The van der Waals surface area contributed by atoms with Crippen molar-refractivity contribution in [3.63, 3.8) is 0 Å². The van der Waals surface area contributed by atoms with Crippen LogP contribution in [0.5, 0.6) is 5.75 Å². The predicted molar refractivity (Wildman–Crippen MR) is 243 cm³/mol. The highest BCUT2D eigenvalue weighted by Gasteiger charge is 2.37. The Hall–Kier alpha value is -5.02. The SMILES string of the molecule is CCN1CCN(COC=O)CCN(CC(=O)CC(C)C(=O)NCCCNC(=O)CCC(=O)[C@@H]2Cc3ccc(cc3)OCCC[C@H](C(=O)ON)[C@@H](CC(C)C)C(=O)N2)CCN(CC(=O)O)CC1. The van der Waals surface area contributed by atoms with Crippen LogP contribution in [0.1, 0.15) is 78.2 Å². The third-order valence-electron chi connectivity index (χ3n) is 12.0. The molecule has 20 heteroatoms. The number of likely N-dealkylation sites (N-methyl/N-ethyl adjacent to an activating group) is 1. The van der Waals surface area contributed by atoms with E-state index in [-0.39, 0.29) is 87.9 Å². The van der Waals surface area contributed by atoms with Crippen molar-refractivity contribution in [2.45, 2.75) is 85.1 Å². The second-order valence-electron chi connectivity index (χ2n) is 17.7. The van der Waals surface area contributed by atoms with Gasteiger partial charge in [0.2, 0.25) is 17.7 Å². The fourth-order valence-electron chi connectivity index (χ4n) is 8.12. The van der Waals surface area contributed by atoms with Crippen LogP contribution in [-0.4, -0.2) is 177 Å². The van der Waals surface area contributed by atoms with E-state index in [4.69, 9.17) is 15.4 Å². The number of ether oxygens (including phenoxy) is 2. The van der Waals surface area contributed by atoms with Gasteiger partial charge < -0.3 is 40.3 Å². The molecule has 370 valence electrons. The van der Waals surface area contributed by atoms with Gasteiger partial charge in [0.05, 0.1) is 37.6 Å². The van der Waals surface area contributed by atoms with E-state index in [1.54, 1.807) is 19.1 Å². The van der Waals surface area contributed by atoms with Crippen LogP contribution >= 0.6 is 0 Å². The number of amides is 3. The first-order valence-electron chi connectivity index (χ1n) is 23.3. The van der Waals surface area contributed by atoms with Gasteiger partial charge in [0.15, 0.2) is 5.78 Å². The minimum Gasteiger partial charge on any atom is -0.494 e. The van der Waals surface area contributed by atoms with Crippen LogP contribution < -0.4 is 26.6 Å². The summed E-state index contributed by atoms with van der Waals surface area (Å²) < 4.78 is 10.9. The molecule has 3 amide bonds. The van der Waals surface area contributed by atoms with Gasteiger partial charge in [0.25, 0.3) is 6.47 Å². The maximum absolute atomic E-state index is 13.8. The number of Topliss-reactive ketones (excluding diaryl/α,β-unsaturated/α-hetero) is 2. The molecule has 0 aliphatic carbocycles. The molecule has 0 aromatic heterocycles. The van der Waals surface area contributed by atoms with Crippen molar-refractivity contribution < 1.29 is 57.8 Å². The van der Waals surface area contributed by atoms with Crippen molar-refractivity contribution in [3.05, 3.63) is 29.8 Å². The fourth-order valence-corrected chi connectivity index (χ4v) is 8.12. The first kappa shape index (κ1) is 55.3. The van der Waals surface area contributed by atoms with Crippen LogP contribution in [0.3, 0.4) is 0 Å². The topological polar surface area (TPSA) is 260 Å². The summed E-state index contributed by atoms with van der Waals surface area (Å²) >= 11 is 0. The van der Waals surface area contributed by atoms with E-state index < -0.39 is 41.6 Å². The minimum atomic E-state index is -0.966. The Labute approximate surface area is 388 Å². The molecule has 0 saturated carbocycles. The first-order chi connectivity index (χ1) is 31.6. The summed E-state index contributed by atoms with van der Waals surface area (Å²) in [5.74, 6) is 0.405. The molecular weight excluding hydrogens is 857 g/mol. The average molecular weight is 931 g/mol. The third kappa shape index (κ3) is 21.1. The van der Waals surface area contributed by atoms with Gasteiger partial charge in [-0.3, -0.25) is 53.1 Å². The molecule has 66 heavy (non-hydrogen) atoms. The minimum absolute atomic E-state index is 0.00422. The van der Waals surface area contributed by atoms with Gasteiger partial charge in [-0.25, -0.2) is 0 Å². The number of nitrogens with one attached hydrogen (secondary N) is 3. The van der Waals surface area contributed by atoms with E-state index in [9.17, 15) is 43.5 Å². The Morgan fingerprint density at radius 1 is 0.894 bits per heavy atom. The van der Waals surface area contributed by atoms with Gasteiger partial charge in [-0.1, -0.05) is 39.8 Å². The van der Waals surface area contributed by atoms with Crippen molar-refractivity contribution >= 4 is 47.7 Å². The van der Waals surface area contributed by atoms with Crippen molar-refractivity contribution in [1.29, 1.82) is 0 Å². The largest absolute Gasteiger partial charge is 0.494 e. The molecule has 1 fully saturated rings. The zero-order chi connectivity index (χ0) is 48.4. The summed E-state index contributed by atoms with van der Waals surface area (Å²) in [6.45, 7) is 14.0. The number of carboxylic acids is 1. The number of ketones is 2. The highest BCUT2D eigenvalue weighted by molar-refractivity contribution is 5.93. The Balaban J connectivity index is 1.49. The standard InChI is InChI=1S/C46H74N8O12/c1-5-51-17-19-53(30-43(59)60)21-20-52(22-24-54(23-18-51)31-64-32-55)29-36(56)27-34(4)44(61)49-16-7-15-48-42(58)14-13-41(57)40-28-35-9-11-37(12-10-35)65-25-6-8-38(46(63)66-47)39(26-33(2)3)45(62)50-40/h9-12,32-34,38-40H,5-8,13-31,47H2,1-4H3,(H,48,58)(H,49,61)(H,50,62)(H,59,60)/t34?,38-,39+,40-/m0/s1. The third-order valence-corrected chi connectivity index (χ3v) is 12.0. The van der Waals surface area contributed by atoms with Crippen molar-refractivity contribution in [3.8, 4) is 5.75 Å². The lowest BCUT2D eigenvalue weighted by molar-refractivity contribution is -0.154. The maximum atomic E-state index is 13.8. The molecule has 3 aliphatic rings. The molecule has 2 bridgehead atoms. The molecule has 1 saturated heterocycles. The average Bonchev–Trinajstić information content (AvgIpc) is 3.28. The van der Waals surface area contributed by atoms with Crippen molar-refractivity contribution in [1.82, 2.24) is 35.6 Å². The number of carbonyl (C=O) groups is 8. The quantitative estimate of drug-likeness (QED) is 0.0606. The van der Waals surface area contributed by atoms with Crippen LogP contribution in [0.2, 0.25) is 0 Å². The number of nitrogens with two attached hydrogens (primary N) is 1. The lowest BCUT2D eigenvalue weighted by Crippen LogP contribution is -2.48. The zero-order valence-electron chi connectivity index (χ0n) is 39.3. The number of benzene rings is 1. The predicted octanol–water partition coefficient (Wildman–Crippen LogP) is 0.606. The Morgan fingerprint density at radius 2 is 1.52 bits per heavy atom. The van der Waals surface area contributed by atoms with Gasteiger partial charge in [0.1, 0.15) is 18.3 Å². The fraction of sp³-hybridized carbons (Fsp3) is 0.696. The molecule has 0 radical (unpaired) electrons. The summed E-state index contributed by atoms with van der Waals surface area (Å²) in [5.41, 5.74) is 0.774. The molecule has 1 aromatic rings. The number of nitrogens with zero attached hydrogens (tertiary/aromatic N) is 4. The number of aliphatic carboxylic acids is 1. The molecule has 20 nitrogen and oxygen atoms in total. The Kier molecular flexibility index (Phi) is 25.4. The lowest BCUT2D eigenvalue weighted by Gasteiger charge is -2.33. The van der Waals surface area contributed by atoms with Gasteiger partial charge in [0, 0.05) is 90.6 Å². The maximum Gasteiger partial charge on any atom is 0.328 e. The van der Waals surface area contributed by atoms with E-state index >= 15 is 0 Å². The lowest BCUT2D eigenvalue weighted by atomic mass is 9.81. The first-order valence-corrected chi connectivity index (χ1v) is 23.3. The van der Waals surface area contributed by atoms with E-state index in [0.717, 1.165) is 12.1 Å². The van der Waals surface area contributed by atoms with E-state index in [2.05, 4.69) is 25.7 Å². The number of carbonyl (C=O) groups excluding carboxylic acids is 7. The normalized spacial score (nSPS) is 20.6. The number of fused-ring (bicyclic) bond motifs is 11. The molecule has 3 aliphatic heterocycles. The number of rotatable bonds is 22. The highest BCUT2D eigenvalue weighted by atomic mass is 16.7. The number of hydrogen-bond acceptors (Lipinski definition) is 16. The van der Waals surface area contributed by atoms with Crippen LogP contribution in [0.25, 0.3) is 0 Å². The van der Waals surface area contributed by atoms with Crippen LogP contribution in [0.15, 0.2) is 24.3 Å². The molecule has 4 atom stereocenters. The summed E-state index contributed by atoms with van der Waals surface area (Å²) in [6, 6.07) is 6.24. The Morgan fingerprint density at radius 3 is 2.12 bits per heavy atom. The summed E-state index contributed by atoms with van der Waals surface area (Å²) in [4.78, 5) is 114. The molecule has 1 unspecified atom stereocenters. The zero-order valence-corrected chi connectivity index (χ0v) is 39.3. The summed E-state index contributed by atoms with van der Waals surface area (Å²) in [5, 5.41) is 18.0. The molecule has 6 N–H and O–H groups in total. The van der Waals surface area contributed by atoms with Gasteiger partial charge >= 0.3 is 11.9 Å². The van der Waals surface area contributed by atoms with E-state index in [1.807, 2.05) is 47.6 Å². The monoisotopic (exact) mass is 931 g/mol. The molecule has 3 heterocycles. The molecule has 0 spiro atoms. The second kappa shape index (κ2) is 30.3. The van der Waals surface area contributed by atoms with Gasteiger partial charge in [-0.15, -0.1) is 0 Å². The smallest absolute Gasteiger partial charge is 0.328 e.